The van der Waals surface area contributed by atoms with Crippen LogP contribution in [0.15, 0.2) is 71.3 Å². The summed E-state index contributed by atoms with van der Waals surface area (Å²) in [6, 6.07) is 11.2. The van der Waals surface area contributed by atoms with Gasteiger partial charge in [-0.3, -0.25) is 0 Å². The second kappa shape index (κ2) is 9.57. The Balaban J connectivity index is 0.00000182. The van der Waals surface area contributed by atoms with Gasteiger partial charge in [0.05, 0.1) is 0 Å². The number of hydrogen-bond donors (Lipinski definition) is 0. The number of allylic oxidation sites excluding steroid dienone is 8. The van der Waals surface area contributed by atoms with Crippen LogP contribution in [-0.2, 0) is 23.0 Å². The van der Waals surface area contributed by atoms with Crippen LogP contribution in [0.3, 0.4) is 0 Å². The van der Waals surface area contributed by atoms with Gasteiger partial charge < -0.3 is 0 Å². The van der Waals surface area contributed by atoms with E-state index in [1.54, 1.807) is 16.7 Å². The molecule has 0 N–H and O–H groups in total. The second-order valence-corrected chi connectivity index (χ2v) is 24.1. The molecule has 0 bridgehead atoms. The largest absolute Gasteiger partial charge is 0.147 e. The van der Waals surface area contributed by atoms with Crippen molar-refractivity contribution in [3.8, 4) is 0 Å². The fourth-order valence-electron chi connectivity index (χ4n) is 5.12. The molecule has 2 aliphatic rings. The summed E-state index contributed by atoms with van der Waals surface area (Å²) in [5.41, 5.74) is 7.77. The maximum Gasteiger partial charge on any atom is -0.147 e. The van der Waals surface area contributed by atoms with E-state index in [9.17, 15) is 0 Å². The van der Waals surface area contributed by atoms with E-state index in [1.165, 1.54) is 15.3 Å². The molecule has 4 heteroatoms. The van der Waals surface area contributed by atoms with E-state index in [0.717, 1.165) is 0 Å². The first-order chi connectivity index (χ1) is 11.8. The second-order valence-electron chi connectivity index (χ2n) is 8.13. The van der Waals surface area contributed by atoms with Crippen LogP contribution >= 0.6 is 24.8 Å². The summed E-state index contributed by atoms with van der Waals surface area (Å²) in [5, 5.41) is 0. The van der Waals surface area contributed by atoms with Gasteiger partial charge in [0, 0.05) is 0 Å². The van der Waals surface area contributed by atoms with Crippen LogP contribution in [0, 0.1) is 11.8 Å². The first-order valence-electron chi connectivity index (χ1n) is 9.44. The van der Waals surface area contributed by atoms with Crippen molar-refractivity contribution in [2.24, 2.45) is 11.8 Å². The predicted molar refractivity (Wildman–Crippen MR) is 124 cm³/mol. The van der Waals surface area contributed by atoms with Crippen LogP contribution in [0.25, 0.3) is 0 Å². The van der Waals surface area contributed by atoms with E-state index >= 15 is 0 Å². The molecule has 0 heterocycles. The molecule has 2 aliphatic carbocycles. The molecule has 0 saturated carbocycles. The van der Waals surface area contributed by atoms with Crippen LogP contribution < -0.4 is 0 Å². The average Bonchev–Trinajstić information content (AvgIpc) is 2.95. The molecule has 3 atom stereocenters. The Morgan fingerprint density at radius 1 is 0.926 bits per heavy atom. The SMILES string of the molecule is CC1=CC(C)[C]([Zr](=[SiH2])([CH2]c2ccccc2)[C]2=C(C)C=C(C)C2C)=C1C.Cl.Cl. The Morgan fingerprint density at radius 2 is 1.52 bits per heavy atom. The van der Waals surface area contributed by atoms with Crippen LogP contribution in [0.1, 0.15) is 47.1 Å². The number of halogens is 2. The Bertz CT molecular complexity index is 875. The molecule has 0 radical (unpaired) electrons. The first-order valence-corrected chi connectivity index (χ1v) is 19.6. The molecule has 1 aromatic carbocycles. The summed E-state index contributed by atoms with van der Waals surface area (Å²) in [6.45, 7) is 16.7. The number of hydrogen-bond acceptors (Lipinski definition) is 0. The minimum atomic E-state index is -2.74. The molecule has 1 aromatic rings. The minimum Gasteiger partial charge on any atom is -0.147 e. The van der Waals surface area contributed by atoms with Crippen molar-refractivity contribution in [2.45, 2.75) is 45.7 Å². The molecule has 3 unspecified atom stereocenters. The van der Waals surface area contributed by atoms with Crippen LogP contribution in [0.5, 0.6) is 0 Å². The summed E-state index contributed by atoms with van der Waals surface area (Å²) in [7, 11) is 0. The van der Waals surface area contributed by atoms with Crippen molar-refractivity contribution in [1.82, 2.24) is 0 Å². The monoisotopic (exact) mass is 497 g/mol. The van der Waals surface area contributed by atoms with E-state index < -0.39 is 18.9 Å². The van der Waals surface area contributed by atoms with Crippen LogP contribution in [0.4, 0.5) is 0 Å². The van der Waals surface area contributed by atoms with Crippen molar-refractivity contribution >= 4 is 31.7 Å². The van der Waals surface area contributed by atoms with E-state index in [-0.39, 0.29) is 24.8 Å². The fraction of sp³-hybridized carbons (Fsp3) is 0.391. The molecule has 0 fully saturated rings. The molecular formula is C23H33Cl2SiZr. The van der Waals surface area contributed by atoms with Crippen molar-refractivity contribution in [3.63, 3.8) is 0 Å². The third-order valence-corrected chi connectivity index (χ3v) is 23.9. The molecule has 0 aromatic heterocycles. The molecule has 27 heavy (non-hydrogen) atoms. The minimum absolute atomic E-state index is 0. The normalized spacial score (nSPS) is 24.1. The zero-order valence-corrected chi connectivity index (χ0v) is 22.9. The Hall–Kier alpha value is -0.140. The molecule has 0 spiro atoms. The summed E-state index contributed by atoms with van der Waals surface area (Å²) in [4.78, 5) is 0. The van der Waals surface area contributed by atoms with Gasteiger partial charge in [-0.25, -0.2) is 0 Å². The molecule has 0 aliphatic heterocycles. The molecule has 3 rings (SSSR count). The maximum absolute atomic E-state index is 2.74. The third kappa shape index (κ3) is 4.55. The van der Waals surface area contributed by atoms with Crippen LogP contribution in [0.2, 0.25) is 0 Å². The van der Waals surface area contributed by atoms with Gasteiger partial charge >= 0.3 is 160 Å². The van der Waals surface area contributed by atoms with Crippen LogP contribution in [-0.4, -0.2) is 6.88 Å². The fourth-order valence-corrected chi connectivity index (χ4v) is 26.9. The summed E-state index contributed by atoms with van der Waals surface area (Å²) >= 11 is -2.74. The Kier molecular flexibility index (Phi) is 8.83. The molecular weight excluding hydrogens is 466 g/mol. The topological polar surface area (TPSA) is 0 Å². The smallest absolute Gasteiger partial charge is 0.147 e. The predicted octanol–water partition coefficient (Wildman–Crippen LogP) is 6.47. The van der Waals surface area contributed by atoms with E-state index in [0.29, 0.717) is 11.8 Å². The third-order valence-electron chi connectivity index (χ3n) is 6.32. The molecule has 147 valence electrons. The van der Waals surface area contributed by atoms with Gasteiger partial charge in [0.25, 0.3) is 0 Å². The van der Waals surface area contributed by atoms with Crippen molar-refractivity contribution in [3.05, 3.63) is 76.9 Å². The van der Waals surface area contributed by atoms with E-state index in [1.807, 2.05) is 6.56 Å². The summed E-state index contributed by atoms with van der Waals surface area (Å²) in [5.74, 6) is 1.25. The van der Waals surface area contributed by atoms with Gasteiger partial charge in [-0.15, -0.1) is 24.8 Å². The summed E-state index contributed by atoms with van der Waals surface area (Å²) < 4.78 is 4.99. The van der Waals surface area contributed by atoms with Gasteiger partial charge in [0.15, 0.2) is 0 Å². The molecule has 0 amide bonds. The molecule has 0 nitrogen and oxygen atoms in total. The number of benzene rings is 1. The maximum atomic E-state index is 2.51. The average molecular weight is 500 g/mol. The first kappa shape index (κ1) is 24.9. The standard InChI is InChI=1S/2C8H11.C7H7.2ClH.H2Si.Zr/c2*1-6-4-7(2)8(3)5-6;1-7-5-3-2-4-6-7;;;;/h4,8H,1-3H3;4,6H,1-3H3;2-6H,1H2;2*1H;1H2;. The quantitative estimate of drug-likeness (QED) is 0.417. The Labute approximate surface area is 183 Å². The van der Waals surface area contributed by atoms with Crippen molar-refractivity contribution < 1.29 is 18.9 Å². The number of rotatable bonds is 4. The summed E-state index contributed by atoms with van der Waals surface area (Å²) in [6.07, 6.45) is 4.96. The van der Waals surface area contributed by atoms with E-state index in [2.05, 4.69) is 90.9 Å². The van der Waals surface area contributed by atoms with Gasteiger partial charge in [0.2, 0.25) is 0 Å². The molecule has 0 saturated heterocycles. The van der Waals surface area contributed by atoms with Gasteiger partial charge in [-0.05, 0) is 0 Å². The van der Waals surface area contributed by atoms with Gasteiger partial charge in [-0.1, -0.05) is 0 Å². The van der Waals surface area contributed by atoms with Gasteiger partial charge in [0.1, 0.15) is 0 Å². The van der Waals surface area contributed by atoms with Gasteiger partial charge in [-0.2, -0.15) is 0 Å². The van der Waals surface area contributed by atoms with E-state index in [4.69, 9.17) is 0 Å². The zero-order chi connectivity index (χ0) is 18.4. The van der Waals surface area contributed by atoms with Crippen molar-refractivity contribution in [2.75, 3.05) is 0 Å². The Morgan fingerprint density at radius 3 is 1.96 bits per heavy atom. The van der Waals surface area contributed by atoms with Crippen molar-refractivity contribution in [1.29, 1.82) is 0 Å². The zero-order valence-electron chi connectivity index (χ0n) is 17.4.